The Morgan fingerprint density at radius 3 is 2.62 bits per heavy atom. The summed E-state index contributed by atoms with van der Waals surface area (Å²) in [4.78, 5) is 17.4. The third kappa shape index (κ3) is 2.91. The lowest BCUT2D eigenvalue weighted by Crippen LogP contribution is -2.25. The van der Waals surface area contributed by atoms with Crippen LogP contribution in [0.15, 0.2) is 45.7 Å². The molecule has 0 spiro atoms. The number of hydrogen-bond acceptors (Lipinski definition) is 4. The lowest BCUT2D eigenvalue weighted by molar-refractivity contribution is 0.472. The lowest BCUT2D eigenvalue weighted by atomic mass is 10.1. The molecular formula is C18H14BrN3O2. The van der Waals surface area contributed by atoms with E-state index in [1.807, 2.05) is 19.1 Å². The molecule has 3 aromatic rings. The summed E-state index contributed by atoms with van der Waals surface area (Å²) in [5.74, 6) is 0.685. The van der Waals surface area contributed by atoms with Crippen molar-refractivity contribution in [2.45, 2.75) is 19.9 Å². The first-order chi connectivity index (χ1) is 11.5. The minimum atomic E-state index is -0.191. The van der Waals surface area contributed by atoms with Gasteiger partial charge in [-0.3, -0.25) is 9.36 Å². The zero-order chi connectivity index (χ0) is 17.3. The number of hydrogen-bond donors (Lipinski definition) is 1. The zero-order valence-corrected chi connectivity index (χ0v) is 14.5. The van der Waals surface area contributed by atoms with E-state index in [4.69, 9.17) is 5.26 Å². The van der Waals surface area contributed by atoms with Crippen LogP contribution >= 0.6 is 15.9 Å². The number of halogens is 1. The Balaban J connectivity index is 2.15. The fraction of sp³-hybridized carbons (Fsp3) is 0.167. The van der Waals surface area contributed by atoms with E-state index in [0.717, 1.165) is 5.56 Å². The second-order valence-corrected chi connectivity index (χ2v) is 6.26. The highest BCUT2D eigenvalue weighted by atomic mass is 79.9. The molecule has 0 unspecified atom stereocenters. The summed E-state index contributed by atoms with van der Waals surface area (Å²) in [6.07, 6.45) is 0.611. The van der Waals surface area contributed by atoms with Crippen molar-refractivity contribution in [3.63, 3.8) is 0 Å². The quantitative estimate of drug-likeness (QED) is 0.751. The van der Waals surface area contributed by atoms with Crippen LogP contribution in [-0.4, -0.2) is 14.7 Å². The van der Waals surface area contributed by atoms with Gasteiger partial charge in [-0.1, -0.05) is 19.1 Å². The van der Waals surface area contributed by atoms with E-state index in [9.17, 15) is 9.90 Å². The van der Waals surface area contributed by atoms with Gasteiger partial charge in [0, 0.05) is 6.42 Å². The Morgan fingerprint density at radius 1 is 1.29 bits per heavy atom. The number of aryl methyl sites for hydroxylation is 1. The third-order valence-corrected chi connectivity index (χ3v) is 4.48. The predicted octanol–water partition coefficient (Wildman–Crippen LogP) is 3.35. The fourth-order valence-electron chi connectivity index (χ4n) is 2.58. The molecule has 0 aliphatic rings. The van der Waals surface area contributed by atoms with E-state index in [1.165, 1.54) is 6.07 Å². The van der Waals surface area contributed by atoms with Crippen molar-refractivity contribution in [3.8, 4) is 11.8 Å². The minimum absolute atomic E-state index is 0.00979. The highest BCUT2D eigenvalue weighted by Crippen LogP contribution is 2.27. The van der Waals surface area contributed by atoms with Gasteiger partial charge >= 0.3 is 0 Å². The van der Waals surface area contributed by atoms with Gasteiger partial charge in [-0.2, -0.15) is 5.26 Å². The number of aromatic hydroxyl groups is 1. The van der Waals surface area contributed by atoms with Crippen molar-refractivity contribution in [2.75, 3.05) is 0 Å². The number of nitrogens with zero attached hydrogens (tertiary/aromatic N) is 3. The first-order valence-electron chi connectivity index (χ1n) is 7.44. The van der Waals surface area contributed by atoms with Gasteiger partial charge < -0.3 is 5.11 Å². The molecule has 6 heteroatoms. The third-order valence-electron chi connectivity index (χ3n) is 3.84. The van der Waals surface area contributed by atoms with E-state index in [0.29, 0.717) is 39.7 Å². The average molecular weight is 384 g/mol. The van der Waals surface area contributed by atoms with Crippen molar-refractivity contribution in [3.05, 3.63) is 68.2 Å². The van der Waals surface area contributed by atoms with Crippen LogP contribution in [0.25, 0.3) is 10.9 Å². The number of phenolic OH excluding ortho intramolecular Hbond substituents is 1. The van der Waals surface area contributed by atoms with Crippen molar-refractivity contribution in [1.82, 2.24) is 9.55 Å². The van der Waals surface area contributed by atoms with E-state index in [-0.39, 0.29) is 11.3 Å². The summed E-state index contributed by atoms with van der Waals surface area (Å²) in [6, 6.07) is 12.3. The van der Waals surface area contributed by atoms with Gasteiger partial charge in [0.1, 0.15) is 11.6 Å². The van der Waals surface area contributed by atoms with Gasteiger partial charge in [0.05, 0.1) is 33.6 Å². The van der Waals surface area contributed by atoms with E-state index >= 15 is 0 Å². The highest BCUT2D eigenvalue weighted by molar-refractivity contribution is 9.10. The molecule has 0 saturated carbocycles. The Hall–Kier alpha value is -2.65. The standard InChI is InChI=1S/C18H14BrN3O2/c1-2-17-21-15-8-14(19)16(23)7-13(15)18(24)22(17)10-12-5-3-11(9-20)4-6-12/h3-8,23H,2,10H2,1H3. The summed E-state index contributed by atoms with van der Waals surface area (Å²) in [6.45, 7) is 2.31. The molecule has 2 aromatic carbocycles. The number of rotatable bonds is 3. The molecule has 24 heavy (non-hydrogen) atoms. The summed E-state index contributed by atoms with van der Waals surface area (Å²) in [5.41, 5.74) is 1.85. The molecule has 5 nitrogen and oxygen atoms in total. The lowest BCUT2D eigenvalue weighted by Gasteiger charge is -2.13. The summed E-state index contributed by atoms with van der Waals surface area (Å²) >= 11 is 3.25. The van der Waals surface area contributed by atoms with Crippen LogP contribution in [0.3, 0.4) is 0 Å². The second kappa shape index (κ2) is 6.46. The molecular weight excluding hydrogens is 370 g/mol. The Bertz CT molecular complexity index is 1020. The summed E-state index contributed by atoms with van der Waals surface area (Å²) in [5, 5.41) is 19.1. The van der Waals surface area contributed by atoms with Crippen LogP contribution in [0.2, 0.25) is 0 Å². The molecule has 0 aliphatic carbocycles. The topological polar surface area (TPSA) is 78.9 Å². The normalized spacial score (nSPS) is 10.7. The fourth-order valence-corrected chi connectivity index (χ4v) is 2.91. The van der Waals surface area contributed by atoms with Crippen molar-refractivity contribution < 1.29 is 5.11 Å². The number of phenols is 1. The van der Waals surface area contributed by atoms with Crippen molar-refractivity contribution in [1.29, 1.82) is 5.26 Å². The first kappa shape index (κ1) is 16.2. The van der Waals surface area contributed by atoms with Crippen LogP contribution in [0, 0.1) is 11.3 Å². The van der Waals surface area contributed by atoms with E-state index < -0.39 is 0 Å². The maximum absolute atomic E-state index is 12.8. The Morgan fingerprint density at radius 2 is 2.00 bits per heavy atom. The van der Waals surface area contributed by atoms with E-state index in [1.54, 1.807) is 22.8 Å². The number of aromatic nitrogens is 2. The molecule has 0 radical (unpaired) electrons. The van der Waals surface area contributed by atoms with Crippen LogP contribution in [0.1, 0.15) is 23.9 Å². The van der Waals surface area contributed by atoms with Crippen LogP contribution in [-0.2, 0) is 13.0 Å². The van der Waals surface area contributed by atoms with Gasteiger partial charge in [0.15, 0.2) is 0 Å². The number of benzene rings is 2. The molecule has 0 amide bonds. The predicted molar refractivity (Wildman–Crippen MR) is 95.0 cm³/mol. The molecule has 120 valence electrons. The second-order valence-electron chi connectivity index (χ2n) is 5.40. The average Bonchev–Trinajstić information content (AvgIpc) is 2.59. The molecule has 0 aliphatic heterocycles. The molecule has 0 saturated heterocycles. The van der Waals surface area contributed by atoms with Gasteiger partial charge in [-0.25, -0.2) is 4.98 Å². The Labute approximate surface area is 146 Å². The van der Waals surface area contributed by atoms with Gasteiger partial charge in [0.2, 0.25) is 0 Å². The van der Waals surface area contributed by atoms with Crippen LogP contribution in [0.5, 0.6) is 5.75 Å². The largest absolute Gasteiger partial charge is 0.507 e. The molecule has 0 fully saturated rings. The number of fused-ring (bicyclic) bond motifs is 1. The summed E-state index contributed by atoms with van der Waals surface area (Å²) in [7, 11) is 0. The molecule has 1 heterocycles. The molecule has 1 N–H and O–H groups in total. The Kier molecular flexibility index (Phi) is 4.36. The van der Waals surface area contributed by atoms with E-state index in [2.05, 4.69) is 27.0 Å². The van der Waals surface area contributed by atoms with Crippen LogP contribution in [0.4, 0.5) is 0 Å². The van der Waals surface area contributed by atoms with Crippen molar-refractivity contribution >= 4 is 26.8 Å². The molecule has 0 bridgehead atoms. The van der Waals surface area contributed by atoms with Gasteiger partial charge in [0.25, 0.3) is 5.56 Å². The maximum atomic E-state index is 12.8. The molecule has 0 atom stereocenters. The van der Waals surface area contributed by atoms with Gasteiger partial charge in [-0.15, -0.1) is 0 Å². The first-order valence-corrected chi connectivity index (χ1v) is 8.23. The highest BCUT2D eigenvalue weighted by Gasteiger charge is 2.13. The van der Waals surface area contributed by atoms with Crippen LogP contribution < -0.4 is 5.56 Å². The SMILES string of the molecule is CCc1nc2cc(Br)c(O)cc2c(=O)n1Cc1ccc(C#N)cc1. The monoisotopic (exact) mass is 383 g/mol. The molecule has 1 aromatic heterocycles. The summed E-state index contributed by atoms with van der Waals surface area (Å²) < 4.78 is 2.12. The smallest absolute Gasteiger partial charge is 0.261 e. The minimum Gasteiger partial charge on any atom is -0.507 e. The zero-order valence-electron chi connectivity index (χ0n) is 13.0. The maximum Gasteiger partial charge on any atom is 0.261 e. The van der Waals surface area contributed by atoms with Gasteiger partial charge in [-0.05, 0) is 45.8 Å². The number of nitriles is 1. The molecule has 3 rings (SSSR count). The van der Waals surface area contributed by atoms with Crippen molar-refractivity contribution in [2.24, 2.45) is 0 Å².